The van der Waals surface area contributed by atoms with Gasteiger partial charge >= 0.3 is 6.80 Å². The molecule has 21 heteroatoms. The molecule has 0 unspecified atom stereocenters. The molecule has 6 heterocycles. The maximum Gasteiger partial charge on any atom is 0.388 e. The molecule has 2 aliphatic heterocycles. The number of ether oxygens (including phenoxy) is 2. The molecule has 2 aliphatic rings. The van der Waals surface area contributed by atoms with Gasteiger partial charge in [-0.15, -0.1) is 0 Å². The third kappa shape index (κ3) is 4.63. The fraction of sp³-hybridized carbons (Fsp3) is 0.476. The number of aliphatic hydroxyl groups is 2. The van der Waals surface area contributed by atoms with Crippen LogP contribution in [-0.4, -0.2) is 94.7 Å². The number of imidazole rings is 1. The van der Waals surface area contributed by atoms with Crippen molar-refractivity contribution in [2.75, 3.05) is 31.3 Å². The van der Waals surface area contributed by atoms with Gasteiger partial charge < -0.3 is 35.7 Å². The lowest BCUT2D eigenvalue weighted by Gasteiger charge is -2.33. The molecule has 0 radical (unpaired) electrons. The summed E-state index contributed by atoms with van der Waals surface area (Å²) in [7, 11) is 0. The van der Waals surface area contributed by atoms with E-state index in [-0.39, 0.29) is 28.6 Å². The number of hydrogen-bond acceptors (Lipinski definition) is 14. The number of nitrogens with one attached hydrogen (secondary N) is 1. The highest BCUT2D eigenvalue weighted by Crippen LogP contribution is 2.59. The lowest BCUT2D eigenvalue weighted by molar-refractivity contribution is -0.0720. The maximum atomic E-state index is 15.8. The van der Waals surface area contributed by atoms with E-state index in [1.807, 2.05) is 0 Å². The van der Waals surface area contributed by atoms with Crippen LogP contribution in [0.1, 0.15) is 6.23 Å². The Morgan fingerprint density at radius 1 is 1.26 bits per heavy atom. The van der Waals surface area contributed by atoms with E-state index in [1.54, 1.807) is 6.07 Å². The second-order valence-corrected chi connectivity index (χ2v) is 12.4. The van der Waals surface area contributed by atoms with Crippen molar-refractivity contribution in [3.8, 4) is 0 Å². The topological polar surface area (TPSA) is 241 Å². The highest BCUT2D eigenvalue weighted by Gasteiger charge is 2.57. The molecule has 42 heavy (non-hydrogen) atoms. The number of thiol groups is 1. The van der Waals surface area contributed by atoms with E-state index in [1.165, 1.54) is 17.1 Å². The minimum Gasteiger partial charge on any atom is -0.394 e. The molecule has 2 fully saturated rings. The minimum absolute atomic E-state index is 0.160. The number of aromatic nitrogens is 7. The summed E-state index contributed by atoms with van der Waals surface area (Å²) in [5.41, 5.74) is 8.16. The molecule has 17 nitrogen and oxygen atoms in total. The smallest absolute Gasteiger partial charge is 0.388 e. The Hall–Kier alpha value is -3.23. The molecule has 0 aromatic carbocycles. The number of nitrogen functional groups attached to an aromatic ring is 2. The number of aliphatic hydroxyl groups excluding tert-OH is 2. The van der Waals surface area contributed by atoms with E-state index >= 15 is 8.78 Å². The number of fused-ring (bicyclic) bond motifs is 2. The van der Waals surface area contributed by atoms with Crippen molar-refractivity contribution in [1.29, 1.82) is 0 Å². The zero-order valence-corrected chi connectivity index (χ0v) is 23.0. The lowest BCUT2D eigenvalue weighted by atomic mass is 10.1. The van der Waals surface area contributed by atoms with Crippen LogP contribution in [0.2, 0.25) is 0 Å². The van der Waals surface area contributed by atoms with Crippen LogP contribution in [0.5, 0.6) is 0 Å². The third-order valence-electron chi connectivity index (χ3n) is 7.06. The summed E-state index contributed by atoms with van der Waals surface area (Å²) >= 11 is 3.96. The normalized spacial score (nSPS) is 31.3. The van der Waals surface area contributed by atoms with Crippen molar-refractivity contribution < 1.29 is 42.1 Å². The lowest BCUT2D eigenvalue weighted by Crippen LogP contribution is -2.46. The monoisotopic (exact) mass is 631 g/mol. The first-order valence-electron chi connectivity index (χ1n) is 12.3. The molecule has 7 N–H and O–H groups in total. The molecule has 0 amide bonds. The van der Waals surface area contributed by atoms with Gasteiger partial charge in [0.1, 0.15) is 36.1 Å². The van der Waals surface area contributed by atoms with E-state index in [9.17, 15) is 19.6 Å². The molecule has 8 atom stereocenters. The summed E-state index contributed by atoms with van der Waals surface area (Å²) < 4.78 is 68.6. The van der Waals surface area contributed by atoms with Crippen molar-refractivity contribution in [3.63, 3.8) is 0 Å². The van der Waals surface area contributed by atoms with Gasteiger partial charge in [0.25, 0.3) is 5.56 Å². The van der Waals surface area contributed by atoms with Gasteiger partial charge in [-0.3, -0.25) is 23.4 Å². The standard InChI is InChI=1S/C21H24F2N9O8PS/c22-11-13(34)10(39-19(11)31-2-1-8-15(24)26-6-27-16(8)31)4-38-41(36,42)40-21(5-37-9(3-33)14(21)23)32-7-28-12-17(32)29-20(25)30-18(12)35/h1-2,6-7,9-11,13-14,19,33-34H,3-5H2,(H,36,42)(H2,24,26,27)(H3,25,29,30,35)/t9-,10-,11+,13-,14+,19-,21-,41-/m1/s1. The third-order valence-corrected chi connectivity index (χ3v) is 8.67. The Balaban J connectivity index is 1.25. The van der Waals surface area contributed by atoms with Gasteiger partial charge in [0.2, 0.25) is 11.7 Å². The first-order chi connectivity index (χ1) is 20.0. The Morgan fingerprint density at radius 3 is 2.79 bits per heavy atom. The van der Waals surface area contributed by atoms with Gasteiger partial charge in [0, 0.05) is 6.20 Å². The highest BCUT2D eigenvalue weighted by molar-refractivity contribution is 8.44. The molecule has 0 spiro atoms. The molecule has 0 saturated carbocycles. The maximum absolute atomic E-state index is 15.8. The average Bonchev–Trinajstić information content (AvgIpc) is 3.70. The SMILES string of the molecule is Nc1nc2c(ncn2[C@@]2(O[P@](=O)(S)OC[C@H]3O[C@@H](n4ccc5c(N)ncnc54)[C@@H](F)[C@@H]3O)CO[C@H](CO)[C@@H]2F)c(=O)[nH]1. The number of rotatable bonds is 8. The van der Waals surface area contributed by atoms with Gasteiger partial charge in [0.05, 0.1) is 31.5 Å². The van der Waals surface area contributed by atoms with Crippen LogP contribution in [0.25, 0.3) is 22.2 Å². The van der Waals surface area contributed by atoms with Gasteiger partial charge in [-0.2, -0.15) is 4.98 Å². The Bertz CT molecular complexity index is 1760. The number of H-pyrrole nitrogens is 1. The summed E-state index contributed by atoms with van der Waals surface area (Å²) in [6.07, 6.45) is -6.43. The van der Waals surface area contributed by atoms with Crippen molar-refractivity contribution in [1.82, 2.24) is 34.1 Å². The van der Waals surface area contributed by atoms with Crippen molar-refractivity contribution in [2.24, 2.45) is 0 Å². The summed E-state index contributed by atoms with van der Waals surface area (Å²) in [5, 5.41) is 20.6. The zero-order chi connectivity index (χ0) is 30.0. The van der Waals surface area contributed by atoms with Crippen LogP contribution in [0, 0.1) is 0 Å². The molecule has 0 aliphatic carbocycles. The molecule has 226 valence electrons. The number of nitrogens with two attached hydrogens (primary N) is 2. The van der Waals surface area contributed by atoms with Gasteiger partial charge in [-0.05, 0) is 6.07 Å². The second-order valence-electron chi connectivity index (χ2n) is 9.59. The largest absolute Gasteiger partial charge is 0.394 e. The van der Waals surface area contributed by atoms with Crippen LogP contribution < -0.4 is 17.0 Å². The van der Waals surface area contributed by atoms with E-state index in [0.717, 1.165) is 10.9 Å². The minimum atomic E-state index is -4.61. The van der Waals surface area contributed by atoms with Crippen LogP contribution in [0.15, 0.2) is 29.7 Å². The molecular weight excluding hydrogens is 607 g/mol. The van der Waals surface area contributed by atoms with E-state index < -0.39 is 74.8 Å². The van der Waals surface area contributed by atoms with Gasteiger partial charge in [0.15, 0.2) is 29.7 Å². The first kappa shape index (κ1) is 28.9. The van der Waals surface area contributed by atoms with Gasteiger partial charge in [-0.1, -0.05) is 12.2 Å². The predicted molar refractivity (Wildman–Crippen MR) is 143 cm³/mol. The Morgan fingerprint density at radius 2 is 2.05 bits per heavy atom. The summed E-state index contributed by atoms with van der Waals surface area (Å²) in [6, 6.07) is 1.55. The fourth-order valence-electron chi connectivity index (χ4n) is 5.01. The number of nitrogens with zero attached hydrogens (tertiary/aromatic N) is 6. The summed E-state index contributed by atoms with van der Waals surface area (Å²) in [5.74, 6) is -0.164. The zero-order valence-electron chi connectivity index (χ0n) is 21.2. The van der Waals surface area contributed by atoms with Crippen LogP contribution in [0.3, 0.4) is 0 Å². The van der Waals surface area contributed by atoms with Gasteiger partial charge in [-0.25, -0.2) is 28.3 Å². The van der Waals surface area contributed by atoms with E-state index in [2.05, 4.69) is 37.2 Å². The molecule has 4 aromatic heterocycles. The van der Waals surface area contributed by atoms with Crippen molar-refractivity contribution >= 4 is 53.0 Å². The molecule has 0 bridgehead atoms. The van der Waals surface area contributed by atoms with Crippen LogP contribution in [-0.2, 0) is 28.8 Å². The number of aromatic amines is 1. The average molecular weight is 632 g/mol. The highest BCUT2D eigenvalue weighted by atomic mass is 32.7. The number of alkyl halides is 2. The molecular formula is C21H24F2N9O8PS. The quantitative estimate of drug-likeness (QED) is 0.109. The first-order valence-corrected chi connectivity index (χ1v) is 15.0. The number of hydrogen-bond donors (Lipinski definition) is 6. The van der Waals surface area contributed by atoms with E-state index in [4.69, 9.17) is 30.0 Å². The Kier molecular flexibility index (Phi) is 7.21. The van der Waals surface area contributed by atoms with Crippen molar-refractivity contribution in [3.05, 3.63) is 35.3 Å². The second kappa shape index (κ2) is 10.5. The predicted octanol–water partition coefficient (Wildman–Crippen LogP) is -0.222. The molecule has 2 saturated heterocycles. The fourth-order valence-corrected chi connectivity index (χ4v) is 6.66. The van der Waals surface area contributed by atoms with Crippen molar-refractivity contribution in [2.45, 2.75) is 42.6 Å². The van der Waals surface area contributed by atoms with Crippen LogP contribution >= 0.6 is 19.0 Å². The summed E-state index contributed by atoms with van der Waals surface area (Å²) in [6.45, 7) is -6.73. The number of anilines is 2. The molecule has 6 rings (SSSR count). The van der Waals surface area contributed by atoms with E-state index in [0.29, 0.717) is 5.39 Å². The molecule has 4 aromatic rings. The van der Waals surface area contributed by atoms with Crippen LogP contribution in [0.4, 0.5) is 20.5 Å². The Labute approximate surface area is 238 Å². The summed E-state index contributed by atoms with van der Waals surface area (Å²) in [4.78, 5) is 30.4. The number of halogens is 2.